The summed E-state index contributed by atoms with van der Waals surface area (Å²) in [6, 6.07) is 16.0. The topological polar surface area (TPSA) is 90.5 Å². The van der Waals surface area contributed by atoms with Gasteiger partial charge in [0.15, 0.2) is 4.80 Å². The molecule has 5 rings (SSSR count). The number of amides is 1. The number of nitrogens with zero attached hydrogens (tertiary/aromatic N) is 4. The average molecular weight is 486 g/mol. The molecule has 0 radical (unpaired) electrons. The third kappa shape index (κ3) is 4.33. The van der Waals surface area contributed by atoms with Crippen LogP contribution in [0.1, 0.15) is 24.1 Å². The molecule has 1 aliphatic heterocycles. The highest BCUT2D eigenvalue weighted by Crippen LogP contribution is 2.31. The van der Waals surface area contributed by atoms with Crippen LogP contribution < -0.4 is 24.9 Å². The van der Waals surface area contributed by atoms with E-state index < -0.39 is 6.04 Å². The van der Waals surface area contributed by atoms with E-state index in [0.29, 0.717) is 32.0 Å². The van der Waals surface area contributed by atoms with Gasteiger partial charge in [0.2, 0.25) is 0 Å². The maximum atomic E-state index is 13.6. The second-order valence-electron chi connectivity index (χ2n) is 8.12. The number of ether oxygens (including phenoxy) is 1. The summed E-state index contributed by atoms with van der Waals surface area (Å²) in [4.78, 5) is 32.4. The molecule has 0 spiro atoms. The highest BCUT2D eigenvalue weighted by atomic mass is 32.1. The second kappa shape index (κ2) is 9.19. The molecule has 8 nitrogen and oxygen atoms in total. The summed E-state index contributed by atoms with van der Waals surface area (Å²) in [6.07, 6.45) is 5.33. The Morgan fingerprint density at radius 2 is 1.89 bits per heavy atom. The van der Waals surface area contributed by atoms with Gasteiger partial charge in [0, 0.05) is 24.5 Å². The van der Waals surface area contributed by atoms with Crippen molar-refractivity contribution < 1.29 is 9.53 Å². The molecule has 1 N–H and O–H groups in total. The summed E-state index contributed by atoms with van der Waals surface area (Å²) in [7, 11) is 3.42. The Bertz CT molecular complexity index is 1610. The number of benzene rings is 2. The Balaban J connectivity index is 1.67. The van der Waals surface area contributed by atoms with Gasteiger partial charge < -0.3 is 10.1 Å². The summed E-state index contributed by atoms with van der Waals surface area (Å²) in [5.41, 5.74) is 3.04. The SMILES string of the molecule is COc1ccc([C@@H]2C(C(=O)Nc3ccccc3)=C(C)N=c3s/c(=C/c4cnn(C)c4)c(=O)n32)cc1. The first kappa shape index (κ1) is 22.5. The zero-order chi connectivity index (χ0) is 24.5. The molecule has 4 aromatic rings. The molecular formula is C26H23N5O3S. The Morgan fingerprint density at radius 3 is 2.54 bits per heavy atom. The van der Waals surface area contributed by atoms with Crippen LogP contribution in [0.15, 0.2) is 88.0 Å². The van der Waals surface area contributed by atoms with Crippen LogP contribution in [-0.4, -0.2) is 27.4 Å². The summed E-state index contributed by atoms with van der Waals surface area (Å²) >= 11 is 1.29. The Morgan fingerprint density at radius 1 is 1.14 bits per heavy atom. The normalized spacial score (nSPS) is 15.5. The number of carbonyl (C=O) groups excluding carboxylic acids is 1. The van der Waals surface area contributed by atoms with Gasteiger partial charge in [-0.2, -0.15) is 5.10 Å². The quantitative estimate of drug-likeness (QED) is 0.471. The molecule has 1 aliphatic rings. The van der Waals surface area contributed by atoms with Gasteiger partial charge >= 0.3 is 0 Å². The summed E-state index contributed by atoms with van der Waals surface area (Å²) in [5, 5.41) is 7.13. The Labute approximate surface area is 205 Å². The molecule has 35 heavy (non-hydrogen) atoms. The van der Waals surface area contributed by atoms with Crippen molar-refractivity contribution in [3.05, 3.63) is 109 Å². The number of fused-ring (bicyclic) bond motifs is 1. The monoisotopic (exact) mass is 485 g/mol. The van der Waals surface area contributed by atoms with Crippen LogP contribution in [0.25, 0.3) is 6.08 Å². The van der Waals surface area contributed by atoms with Crippen molar-refractivity contribution in [1.82, 2.24) is 14.3 Å². The number of thiazole rings is 1. The van der Waals surface area contributed by atoms with E-state index in [2.05, 4.69) is 15.4 Å². The summed E-state index contributed by atoms with van der Waals surface area (Å²) in [5.74, 6) is 0.383. The van der Waals surface area contributed by atoms with Crippen molar-refractivity contribution in [2.24, 2.45) is 12.0 Å². The van der Waals surface area contributed by atoms with Crippen molar-refractivity contribution in [2.75, 3.05) is 12.4 Å². The highest BCUT2D eigenvalue weighted by molar-refractivity contribution is 7.07. The average Bonchev–Trinajstić information content (AvgIpc) is 3.41. The van der Waals surface area contributed by atoms with Gasteiger partial charge in [0.05, 0.1) is 35.2 Å². The van der Waals surface area contributed by atoms with Crippen LogP contribution in [0.5, 0.6) is 5.75 Å². The van der Waals surface area contributed by atoms with Crippen molar-refractivity contribution >= 4 is 29.0 Å². The van der Waals surface area contributed by atoms with Crippen LogP contribution in [0.3, 0.4) is 0 Å². The predicted octanol–water partition coefficient (Wildman–Crippen LogP) is 2.62. The minimum atomic E-state index is -0.642. The maximum Gasteiger partial charge on any atom is 0.271 e. The lowest BCUT2D eigenvalue weighted by Crippen LogP contribution is -2.40. The second-order valence-corrected chi connectivity index (χ2v) is 9.13. The number of rotatable bonds is 5. The molecular weight excluding hydrogens is 462 g/mol. The molecule has 1 atom stereocenters. The lowest BCUT2D eigenvalue weighted by atomic mass is 9.95. The van der Waals surface area contributed by atoms with E-state index in [1.165, 1.54) is 11.3 Å². The number of nitrogens with one attached hydrogen (secondary N) is 1. The molecule has 0 fully saturated rings. The van der Waals surface area contributed by atoms with Crippen molar-refractivity contribution in [1.29, 1.82) is 0 Å². The van der Waals surface area contributed by atoms with Gasteiger partial charge in [-0.1, -0.05) is 41.7 Å². The fourth-order valence-corrected chi connectivity index (χ4v) is 5.15. The maximum absolute atomic E-state index is 13.6. The fourth-order valence-electron chi connectivity index (χ4n) is 4.10. The number of allylic oxidation sites excluding steroid dienone is 1. The highest BCUT2D eigenvalue weighted by Gasteiger charge is 2.32. The molecule has 0 aliphatic carbocycles. The van der Waals surface area contributed by atoms with Crippen molar-refractivity contribution in [2.45, 2.75) is 13.0 Å². The molecule has 3 heterocycles. The summed E-state index contributed by atoms with van der Waals surface area (Å²) in [6.45, 7) is 1.80. The van der Waals surface area contributed by atoms with E-state index in [0.717, 1.165) is 11.1 Å². The van der Waals surface area contributed by atoms with Gasteiger partial charge in [-0.25, -0.2) is 4.99 Å². The standard InChI is InChI=1S/C26H23N5O3S/c1-16-22(24(32)29-19-7-5-4-6-8-19)23(18-9-11-20(34-3)12-10-18)31-25(33)21(35-26(31)28-16)13-17-14-27-30(2)15-17/h4-15,23H,1-3H3,(H,29,32)/b21-13+/t23-/m1/s1. The van der Waals surface area contributed by atoms with Gasteiger partial charge in [-0.3, -0.25) is 18.8 Å². The number of carbonyl (C=O) groups is 1. The van der Waals surface area contributed by atoms with E-state index >= 15 is 0 Å². The minimum absolute atomic E-state index is 0.212. The minimum Gasteiger partial charge on any atom is -0.497 e. The molecule has 176 valence electrons. The third-order valence-corrected chi connectivity index (χ3v) is 6.74. The third-order valence-electron chi connectivity index (χ3n) is 5.75. The molecule has 0 saturated heterocycles. The van der Waals surface area contributed by atoms with Gasteiger partial charge in [-0.15, -0.1) is 0 Å². The molecule has 0 unspecified atom stereocenters. The van der Waals surface area contributed by atoms with E-state index in [4.69, 9.17) is 4.74 Å². The summed E-state index contributed by atoms with van der Waals surface area (Å²) < 4.78 is 9.11. The first-order chi connectivity index (χ1) is 16.9. The zero-order valence-electron chi connectivity index (χ0n) is 19.4. The smallest absolute Gasteiger partial charge is 0.271 e. The lowest BCUT2D eigenvalue weighted by molar-refractivity contribution is -0.113. The van der Waals surface area contributed by atoms with E-state index in [1.54, 1.807) is 35.6 Å². The first-order valence-electron chi connectivity index (χ1n) is 11.0. The number of aryl methyl sites for hydroxylation is 1. The molecule has 2 aromatic heterocycles. The van der Waals surface area contributed by atoms with Crippen molar-refractivity contribution in [3.63, 3.8) is 0 Å². The largest absolute Gasteiger partial charge is 0.497 e. The predicted molar refractivity (Wildman–Crippen MR) is 135 cm³/mol. The molecule has 9 heteroatoms. The van der Waals surface area contributed by atoms with E-state index in [9.17, 15) is 9.59 Å². The first-order valence-corrected chi connectivity index (χ1v) is 11.8. The number of hydrogen-bond acceptors (Lipinski definition) is 6. The number of hydrogen-bond donors (Lipinski definition) is 1. The fraction of sp³-hybridized carbons (Fsp3) is 0.154. The Hall–Kier alpha value is -4.24. The number of aromatic nitrogens is 3. The molecule has 2 aromatic carbocycles. The number of anilines is 1. The van der Waals surface area contributed by atoms with Crippen molar-refractivity contribution in [3.8, 4) is 5.75 Å². The van der Waals surface area contributed by atoms with Gasteiger partial charge in [0.1, 0.15) is 5.75 Å². The lowest BCUT2D eigenvalue weighted by Gasteiger charge is -2.25. The molecule has 0 saturated carbocycles. The van der Waals surface area contributed by atoms with E-state index in [1.807, 2.05) is 67.8 Å². The van der Waals surface area contributed by atoms with E-state index in [-0.39, 0.29) is 11.5 Å². The van der Waals surface area contributed by atoms with Crippen LogP contribution in [0.4, 0.5) is 5.69 Å². The number of methoxy groups -OCH3 is 1. The zero-order valence-corrected chi connectivity index (χ0v) is 20.2. The van der Waals surface area contributed by atoms with Gasteiger partial charge in [0.25, 0.3) is 11.5 Å². The van der Waals surface area contributed by atoms with Gasteiger partial charge in [-0.05, 0) is 42.8 Å². The molecule has 0 bridgehead atoms. The number of para-hydroxylation sites is 1. The Kier molecular flexibility index (Phi) is 5.92. The van der Waals surface area contributed by atoms with Crippen LogP contribution in [-0.2, 0) is 11.8 Å². The van der Waals surface area contributed by atoms with Crippen LogP contribution in [0.2, 0.25) is 0 Å². The van der Waals surface area contributed by atoms with Crippen LogP contribution in [0, 0.1) is 0 Å². The molecule has 1 amide bonds. The van der Waals surface area contributed by atoms with Crippen LogP contribution >= 0.6 is 11.3 Å².